The third-order valence-corrected chi connectivity index (χ3v) is 12.6. The number of thiophene rings is 1. The van der Waals surface area contributed by atoms with Crippen LogP contribution in [0.15, 0.2) is 194 Å². The van der Waals surface area contributed by atoms with Crippen LogP contribution in [0.4, 0.5) is 0 Å². The van der Waals surface area contributed by atoms with E-state index in [9.17, 15) is 0 Å². The predicted octanol–water partition coefficient (Wildman–Crippen LogP) is 14.3. The molecule has 0 spiro atoms. The summed E-state index contributed by atoms with van der Waals surface area (Å²) in [6.45, 7) is 0. The number of rotatable bonds is 5. The summed E-state index contributed by atoms with van der Waals surface area (Å²) in [6, 6.07) is 69.1. The molecule has 0 atom stereocenters. The first-order chi connectivity index (χ1) is 28.7. The Bertz CT molecular complexity index is 3580. The molecule has 270 valence electrons. The second-order valence-corrected chi connectivity index (χ2v) is 15.8. The van der Waals surface area contributed by atoms with Gasteiger partial charge in [-0.2, -0.15) is 0 Å². The van der Waals surface area contributed by atoms with E-state index in [1.807, 2.05) is 17.4 Å². The summed E-state index contributed by atoms with van der Waals surface area (Å²) in [5, 5.41) is 9.53. The Kier molecular flexibility index (Phi) is 7.37. The van der Waals surface area contributed by atoms with Gasteiger partial charge in [-0.05, 0) is 69.1 Å². The van der Waals surface area contributed by atoms with E-state index in [1.54, 1.807) is 0 Å². The molecule has 0 unspecified atom stereocenters. The summed E-state index contributed by atoms with van der Waals surface area (Å²) < 4.78 is 4.89. The van der Waals surface area contributed by atoms with Gasteiger partial charge in [0.1, 0.15) is 0 Å². The second kappa shape index (κ2) is 13.1. The van der Waals surface area contributed by atoms with Crippen LogP contribution < -0.4 is 0 Å². The number of para-hydroxylation sites is 1. The van der Waals surface area contributed by atoms with E-state index in [4.69, 9.17) is 15.0 Å². The maximum absolute atomic E-state index is 5.44. The summed E-state index contributed by atoms with van der Waals surface area (Å²) in [7, 11) is 0. The Labute approximate surface area is 338 Å². The van der Waals surface area contributed by atoms with Crippen LogP contribution in [0.25, 0.3) is 115 Å². The molecule has 0 aliphatic carbocycles. The fraction of sp³-hybridized carbons (Fsp3) is 0. The lowest BCUT2D eigenvalue weighted by Gasteiger charge is -2.16. The molecule has 12 rings (SSSR count). The molecule has 58 heavy (non-hydrogen) atoms. The zero-order valence-electron chi connectivity index (χ0n) is 31.2. The van der Waals surface area contributed by atoms with Crippen molar-refractivity contribution in [2.45, 2.75) is 0 Å². The van der Waals surface area contributed by atoms with E-state index >= 15 is 0 Å². The summed E-state index contributed by atoms with van der Waals surface area (Å²) >= 11 is 1.83. The van der Waals surface area contributed by atoms with Crippen molar-refractivity contribution in [3.63, 3.8) is 0 Å². The number of hydrogen-bond donors (Lipinski definition) is 0. The van der Waals surface area contributed by atoms with Crippen LogP contribution in [-0.2, 0) is 0 Å². The van der Waals surface area contributed by atoms with Crippen molar-refractivity contribution in [2.24, 2.45) is 0 Å². The summed E-state index contributed by atoms with van der Waals surface area (Å²) in [5.41, 5.74) is 8.44. The molecule has 3 heterocycles. The van der Waals surface area contributed by atoms with Crippen molar-refractivity contribution in [3.05, 3.63) is 194 Å². The number of fused-ring (bicyclic) bond motifs is 8. The maximum atomic E-state index is 5.44. The molecule has 3 aromatic heterocycles. The van der Waals surface area contributed by atoms with E-state index in [0.29, 0.717) is 17.5 Å². The zero-order valence-corrected chi connectivity index (χ0v) is 32.0. The molecule has 0 bridgehead atoms. The Morgan fingerprint density at radius 3 is 1.83 bits per heavy atom. The molecule has 5 heteroatoms. The molecule has 4 nitrogen and oxygen atoms in total. The van der Waals surface area contributed by atoms with Crippen molar-refractivity contribution in [1.29, 1.82) is 0 Å². The fourth-order valence-corrected chi connectivity index (χ4v) is 9.95. The zero-order chi connectivity index (χ0) is 38.2. The topological polar surface area (TPSA) is 43.6 Å². The van der Waals surface area contributed by atoms with Gasteiger partial charge in [0.05, 0.1) is 21.4 Å². The Hall–Kier alpha value is -7.47. The first-order valence-corrected chi connectivity index (χ1v) is 20.3. The fourth-order valence-electron chi connectivity index (χ4n) is 8.71. The van der Waals surface area contributed by atoms with Crippen LogP contribution in [0.2, 0.25) is 0 Å². The largest absolute Gasteiger partial charge is 0.307 e. The average Bonchev–Trinajstić information content (AvgIpc) is 3.83. The molecule has 0 saturated carbocycles. The normalized spacial score (nSPS) is 11.8. The monoisotopic (exact) mass is 756 g/mol. The molecule has 0 amide bonds. The van der Waals surface area contributed by atoms with Gasteiger partial charge in [0.2, 0.25) is 0 Å². The van der Waals surface area contributed by atoms with Gasteiger partial charge < -0.3 is 4.57 Å². The average molecular weight is 757 g/mol. The van der Waals surface area contributed by atoms with Crippen LogP contribution in [0.5, 0.6) is 0 Å². The van der Waals surface area contributed by atoms with Gasteiger partial charge in [-0.1, -0.05) is 158 Å². The smallest absolute Gasteiger partial charge is 0.166 e. The Morgan fingerprint density at radius 1 is 0.345 bits per heavy atom. The predicted molar refractivity (Wildman–Crippen MR) is 244 cm³/mol. The van der Waals surface area contributed by atoms with E-state index in [2.05, 4.69) is 193 Å². The number of benzene rings is 9. The highest BCUT2D eigenvalue weighted by Gasteiger charge is 2.24. The first-order valence-electron chi connectivity index (χ1n) is 19.5. The van der Waals surface area contributed by atoms with E-state index in [0.717, 1.165) is 55.3 Å². The Balaban J connectivity index is 1.20. The molecule has 9 aromatic carbocycles. The first kappa shape index (κ1) is 32.7. The lowest BCUT2D eigenvalue weighted by atomic mass is 10.0. The molecule has 12 aromatic rings. The minimum Gasteiger partial charge on any atom is -0.307 e. The maximum Gasteiger partial charge on any atom is 0.166 e. The molecule has 0 fully saturated rings. The van der Waals surface area contributed by atoms with Gasteiger partial charge in [0.15, 0.2) is 17.5 Å². The molecule has 0 aliphatic rings. The minimum absolute atomic E-state index is 0.624. The van der Waals surface area contributed by atoms with Crippen molar-refractivity contribution in [3.8, 4) is 51.0 Å². The minimum atomic E-state index is 0.624. The highest BCUT2D eigenvalue weighted by atomic mass is 32.1. The van der Waals surface area contributed by atoms with Gasteiger partial charge >= 0.3 is 0 Å². The van der Waals surface area contributed by atoms with Gasteiger partial charge in [0, 0.05) is 42.9 Å². The molecular weight excluding hydrogens is 725 g/mol. The van der Waals surface area contributed by atoms with Crippen molar-refractivity contribution >= 4 is 74.9 Å². The van der Waals surface area contributed by atoms with Crippen LogP contribution in [-0.4, -0.2) is 19.5 Å². The van der Waals surface area contributed by atoms with Crippen LogP contribution in [0.3, 0.4) is 0 Å². The lowest BCUT2D eigenvalue weighted by Crippen LogP contribution is -2.04. The van der Waals surface area contributed by atoms with Crippen molar-refractivity contribution in [1.82, 2.24) is 19.5 Å². The number of hydrogen-bond acceptors (Lipinski definition) is 4. The van der Waals surface area contributed by atoms with Gasteiger partial charge in [-0.15, -0.1) is 11.3 Å². The van der Waals surface area contributed by atoms with Crippen molar-refractivity contribution < 1.29 is 0 Å². The van der Waals surface area contributed by atoms with Crippen LogP contribution >= 0.6 is 11.3 Å². The number of nitrogens with zero attached hydrogens (tertiary/aromatic N) is 4. The lowest BCUT2D eigenvalue weighted by molar-refractivity contribution is 1.07. The summed E-state index contributed by atoms with van der Waals surface area (Å²) in [4.78, 5) is 16.1. The van der Waals surface area contributed by atoms with E-state index in [1.165, 1.54) is 41.7 Å². The van der Waals surface area contributed by atoms with Crippen molar-refractivity contribution in [2.75, 3.05) is 0 Å². The third kappa shape index (κ3) is 5.18. The van der Waals surface area contributed by atoms with Gasteiger partial charge in [-0.3, -0.25) is 0 Å². The van der Waals surface area contributed by atoms with Crippen LogP contribution in [0.1, 0.15) is 0 Å². The van der Waals surface area contributed by atoms with E-state index in [-0.39, 0.29) is 0 Å². The standard InChI is InChI=1S/C53H32N4S/c1-2-14-33(15-3-1)35-20-12-21-38(30-35)51-54-52(43-25-13-19-34-16-6-7-22-39(34)43)56-53(55-51)44-29-28-42-41-24-9-11-27-48(41)58-50(42)49(44)57-46-26-10-8-23-40(46)45-31-36-17-4-5-18-37(36)32-47(45)57/h1-32H. The van der Waals surface area contributed by atoms with Crippen LogP contribution in [0, 0.1) is 0 Å². The second-order valence-electron chi connectivity index (χ2n) is 14.8. The third-order valence-electron chi connectivity index (χ3n) is 11.4. The highest BCUT2D eigenvalue weighted by molar-refractivity contribution is 7.26. The molecular formula is C53H32N4S. The SMILES string of the molecule is c1ccc(-c2cccc(-c3nc(-c4ccc5c(sc6ccccc65)c4-n4c5ccccc5c5cc6ccccc6cc54)nc(-c4cccc5ccccc45)n3)c2)cc1. The Morgan fingerprint density at radius 2 is 0.966 bits per heavy atom. The molecule has 0 aliphatic heterocycles. The van der Waals surface area contributed by atoms with Gasteiger partial charge in [0.25, 0.3) is 0 Å². The number of aromatic nitrogens is 4. The molecule has 0 radical (unpaired) electrons. The van der Waals surface area contributed by atoms with E-state index < -0.39 is 0 Å². The molecule has 0 N–H and O–H groups in total. The molecule has 0 saturated heterocycles. The summed E-state index contributed by atoms with van der Waals surface area (Å²) in [6.07, 6.45) is 0. The van der Waals surface area contributed by atoms with Gasteiger partial charge in [-0.25, -0.2) is 15.0 Å². The summed E-state index contributed by atoms with van der Waals surface area (Å²) in [5.74, 6) is 1.89. The highest BCUT2D eigenvalue weighted by Crippen LogP contribution is 2.45. The quantitative estimate of drug-likeness (QED) is 0.176.